The minimum absolute atomic E-state index is 0.703. The summed E-state index contributed by atoms with van der Waals surface area (Å²) >= 11 is 6.76. The van der Waals surface area contributed by atoms with Gasteiger partial charge in [-0.2, -0.15) is 0 Å². The lowest BCUT2D eigenvalue weighted by Gasteiger charge is -2.26. The highest BCUT2D eigenvalue weighted by Gasteiger charge is 2.27. The van der Waals surface area contributed by atoms with Crippen molar-refractivity contribution in [3.8, 4) is 66.9 Å². The first-order valence-electron chi connectivity index (χ1n) is 17.7. The second-order valence-electron chi connectivity index (χ2n) is 13.2. The molecule has 9 aromatic rings. The average Bonchev–Trinajstić information content (AvgIpc) is 3.21. The SMILES string of the molecule is Cc1nc(-c2cccc3c(-c4ccccc4)c(-c4ccccc4)c(-c4ccccc4)c(-c4ccccc4)c23)c(-c2ccccc2)c2cc(Cl)ccc12. The highest BCUT2D eigenvalue weighted by Crippen LogP contribution is 2.53. The minimum Gasteiger partial charge on any atom is -0.252 e. The minimum atomic E-state index is 0.703. The van der Waals surface area contributed by atoms with E-state index in [2.05, 4.69) is 189 Å². The van der Waals surface area contributed by atoms with Gasteiger partial charge in [0, 0.05) is 32.6 Å². The molecule has 1 heterocycles. The van der Waals surface area contributed by atoms with Crippen LogP contribution in [0.3, 0.4) is 0 Å². The summed E-state index contributed by atoms with van der Waals surface area (Å²) in [5.74, 6) is 0. The highest BCUT2D eigenvalue weighted by atomic mass is 35.5. The number of hydrogen-bond acceptors (Lipinski definition) is 1. The van der Waals surface area contributed by atoms with E-state index in [1.165, 1.54) is 33.2 Å². The molecule has 1 aromatic heterocycles. The van der Waals surface area contributed by atoms with Gasteiger partial charge in [-0.25, -0.2) is 0 Å². The highest BCUT2D eigenvalue weighted by molar-refractivity contribution is 6.31. The van der Waals surface area contributed by atoms with E-state index in [1.807, 2.05) is 6.07 Å². The topological polar surface area (TPSA) is 12.9 Å². The molecule has 0 radical (unpaired) electrons. The number of halogens is 1. The first kappa shape index (κ1) is 31.7. The van der Waals surface area contributed by atoms with Crippen molar-refractivity contribution >= 4 is 33.1 Å². The lowest BCUT2D eigenvalue weighted by atomic mass is 9.77. The van der Waals surface area contributed by atoms with Crippen LogP contribution in [0.25, 0.3) is 88.4 Å². The van der Waals surface area contributed by atoms with Crippen molar-refractivity contribution in [1.82, 2.24) is 4.98 Å². The molecule has 246 valence electrons. The van der Waals surface area contributed by atoms with Crippen molar-refractivity contribution in [3.05, 3.63) is 199 Å². The van der Waals surface area contributed by atoms with Crippen LogP contribution < -0.4 is 0 Å². The molecule has 0 aliphatic rings. The fraction of sp³-hybridized carbons (Fsp3) is 0.0200. The summed E-state index contributed by atoms with van der Waals surface area (Å²) in [6.07, 6.45) is 0. The van der Waals surface area contributed by atoms with Gasteiger partial charge in [0.05, 0.1) is 5.69 Å². The first-order valence-corrected chi connectivity index (χ1v) is 18.0. The van der Waals surface area contributed by atoms with Crippen molar-refractivity contribution in [1.29, 1.82) is 0 Å². The molecule has 0 aliphatic heterocycles. The maximum absolute atomic E-state index is 6.76. The number of pyridine rings is 1. The zero-order valence-corrected chi connectivity index (χ0v) is 29.5. The van der Waals surface area contributed by atoms with Crippen molar-refractivity contribution in [2.24, 2.45) is 0 Å². The van der Waals surface area contributed by atoms with E-state index in [0.29, 0.717) is 5.02 Å². The third kappa shape index (κ3) is 5.48. The van der Waals surface area contributed by atoms with Crippen molar-refractivity contribution in [3.63, 3.8) is 0 Å². The summed E-state index contributed by atoms with van der Waals surface area (Å²) in [4.78, 5) is 5.50. The molecule has 0 N–H and O–H groups in total. The van der Waals surface area contributed by atoms with Gasteiger partial charge in [0.25, 0.3) is 0 Å². The van der Waals surface area contributed by atoms with Gasteiger partial charge in [0.2, 0.25) is 0 Å². The number of nitrogens with zero attached hydrogens (tertiary/aromatic N) is 1. The van der Waals surface area contributed by atoms with Gasteiger partial charge < -0.3 is 0 Å². The van der Waals surface area contributed by atoms with Gasteiger partial charge in [0.15, 0.2) is 0 Å². The van der Waals surface area contributed by atoms with Gasteiger partial charge in [0.1, 0.15) is 0 Å². The maximum atomic E-state index is 6.76. The van der Waals surface area contributed by atoms with E-state index in [-0.39, 0.29) is 0 Å². The zero-order valence-electron chi connectivity index (χ0n) is 28.7. The van der Waals surface area contributed by atoms with Gasteiger partial charge >= 0.3 is 0 Å². The summed E-state index contributed by atoms with van der Waals surface area (Å²) in [5, 5.41) is 5.22. The predicted molar refractivity (Wildman–Crippen MR) is 222 cm³/mol. The summed E-state index contributed by atoms with van der Waals surface area (Å²) in [6, 6.07) is 66.9. The van der Waals surface area contributed by atoms with Crippen LogP contribution in [0, 0.1) is 6.92 Å². The van der Waals surface area contributed by atoms with Crippen molar-refractivity contribution in [2.75, 3.05) is 0 Å². The van der Waals surface area contributed by atoms with Gasteiger partial charge in [-0.05, 0) is 79.9 Å². The number of rotatable bonds is 6. The van der Waals surface area contributed by atoms with E-state index < -0.39 is 0 Å². The van der Waals surface area contributed by atoms with Gasteiger partial charge in [-0.15, -0.1) is 0 Å². The molecular weight excluding hydrogens is 650 g/mol. The molecular formula is C50H34ClN. The number of fused-ring (bicyclic) bond motifs is 2. The van der Waals surface area contributed by atoms with Crippen LogP contribution in [0.15, 0.2) is 188 Å². The molecule has 9 rings (SSSR count). The number of benzene rings is 8. The largest absolute Gasteiger partial charge is 0.252 e. The lowest BCUT2D eigenvalue weighted by molar-refractivity contribution is 1.24. The standard InChI is InChI=1S/C50H34ClN/c1-33-40-31-30-39(51)32-43(40)45(35-20-9-3-10-21-35)50(52-33)42-29-17-28-41-44(34-18-7-2-8-19-34)46(36-22-11-4-12-23-36)47(37-24-13-5-14-25-37)48(49(41)42)38-26-15-6-16-27-38/h2-32H,1H3. The molecule has 52 heavy (non-hydrogen) atoms. The Hall–Kier alpha value is -6.28. The molecule has 8 aromatic carbocycles. The molecule has 0 bridgehead atoms. The molecule has 0 aliphatic carbocycles. The van der Waals surface area contributed by atoms with Crippen molar-refractivity contribution < 1.29 is 0 Å². The number of aromatic nitrogens is 1. The van der Waals surface area contributed by atoms with E-state index >= 15 is 0 Å². The Morgan fingerprint density at radius 3 is 1.33 bits per heavy atom. The second kappa shape index (κ2) is 13.5. The number of aryl methyl sites for hydroxylation is 1. The lowest BCUT2D eigenvalue weighted by Crippen LogP contribution is -2.01. The molecule has 0 fully saturated rings. The van der Waals surface area contributed by atoms with Crippen LogP contribution >= 0.6 is 11.6 Å². The normalized spacial score (nSPS) is 11.3. The summed E-state index contributed by atoms with van der Waals surface area (Å²) in [6.45, 7) is 2.11. The van der Waals surface area contributed by atoms with E-state index in [9.17, 15) is 0 Å². The van der Waals surface area contributed by atoms with Crippen LogP contribution in [-0.2, 0) is 0 Å². The smallest absolute Gasteiger partial charge is 0.0796 e. The maximum Gasteiger partial charge on any atom is 0.0796 e. The Morgan fingerprint density at radius 2 is 0.808 bits per heavy atom. The Bertz CT molecular complexity index is 2710. The fourth-order valence-electron chi connectivity index (χ4n) is 7.86. The number of hydrogen-bond donors (Lipinski definition) is 0. The average molecular weight is 684 g/mol. The van der Waals surface area contributed by atoms with E-state index in [0.717, 1.165) is 60.9 Å². The van der Waals surface area contributed by atoms with Gasteiger partial charge in [-0.1, -0.05) is 188 Å². The summed E-state index contributed by atoms with van der Waals surface area (Å²) in [7, 11) is 0. The molecule has 1 nitrogen and oxygen atoms in total. The molecule has 2 heteroatoms. The molecule has 0 unspecified atom stereocenters. The van der Waals surface area contributed by atoms with Crippen molar-refractivity contribution in [2.45, 2.75) is 6.92 Å². The third-order valence-electron chi connectivity index (χ3n) is 10.1. The molecule has 0 spiro atoms. The van der Waals surface area contributed by atoms with Crippen LogP contribution in [0.2, 0.25) is 5.02 Å². The summed E-state index contributed by atoms with van der Waals surface area (Å²) < 4.78 is 0. The van der Waals surface area contributed by atoms with Crippen LogP contribution in [0.4, 0.5) is 0 Å². The zero-order chi connectivity index (χ0) is 35.0. The molecule has 0 amide bonds. The van der Waals surface area contributed by atoms with Crippen LogP contribution in [-0.4, -0.2) is 4.98 Å². The summed E-state index contributed by atoms with van der Waals surface area (Å²) in [5.41, 5.74) is 14.6. The van der Waals surface area contributed by atoms with Crippen LogP contribution in [0.5, 0.6) is 0 Å². The Labute approximate surface area is 309 Å². The Kier molecular flexibility index (Phi) is 8.20. The molecule has 0 saturated heterocycles. The third-order valence-corrected chi connectivity index (χ3v) is 10.3. The Balaban J connectivity index is 1.56. The molecule has 0 atom stereocenters. The first-order chi connectivity index (χ1) is 25.7. The van der Waals surface area contributed by atoms with Crippen LogP contribution in [0.1, 0.15) is 5.69 Å². The van der Waals surface area contributed by atoms with E-state index in [4.69, 9.17) is 16.6 Å². The Morgan fingerprint density at radius 1 is 0.365 bits per heavy atom. The predicted octanol–water partition coefficient (Wildman–Crippen LogP) is 14.4. The fourth-order valence-corrected chi connectivity index (χ4v) is 8.04. The quantitative estimate of drug-likeness (QED) is 0.170. The second-order valence-corrected chi connectivity index (χ2v) is 13.6. The monoisotopic (exact) mass is 683 g/mol. The molecule has 0 saturated carbocycles. The van der Waals surface area contributed by atoms with Gasteiger partial charge in [-0.3, -0.25) is 4.98 Å². The van der Waals surface area contributed by atoms with E-state index in [1.54, 1.807) is 0 Å².